The van der Waals surface area contributed by atoms with Gasteiger partial charge in [0.05, 0.1) is 11.9 Å². The summed E-state index contributed by atoms with van der Waals surface area (Å²) in [5.74, 6) is 1.25. The van der Waals surface area contributed by atoms with Crippen LogP contribution in [0.3, 0.4) is 0 Å². The Balaban J connectivity index is 1.34. The highest BCUT2D eigenvalue weighted by molar-refractivity contribution is 5.78. The van der Waals surface area contributed by atoms with E-state index in [9.17, 15) is 9.18 Å². The van der Waals surface area contributed by atoms with Gasteiger partial charge in [0.15, 0.2) is 0 Å². The van der Waals surface area contributed by atoms with E-state index in [0.29, 0.717) is 35.5 Å². The monoisotopic (exact) mass is 369 g/mol. The van der Waals surface area contributed by atoms with E-state index in [1.165, 1.54) is 12.1 Å². The van der Waals surface area contributed by atoms with E-state index in [1.807, 2.05) is 11.0 Å². The van der Waals surface area contributed by atoms with E-state index in [-0.39, 0.29) is 5.82 Å². The summed E-state index contributed by atoms with van der Waals surface area (Å²) < 4.78 is 13.5. The van der Waals surface area contributed by atoms with Crippen LogP contribution in [0.25, 0.3) is 11.3 Å². The normalized spacial score (nSPS) is 18.3. The zero-order valence-electron chi connectivity index (χ0n) is 15.4. The molecule has 2 aliphatic heterocycles. The van der Waals surface area contributed by atoms with Crippen molar-refractivity contribution in [2.24, 2.45) is 5.92 Å². The first-order chi connectivity index (χ1) is 13.2. The number of carbonyl (C=O) groups is 1. The molecular formula is C20H24FN5O. The minimum atomic E-state index is -0.287. The molecule has 0 unspecified atom stereocenters. The summed E-state index contributed by atoms with van der Waals surface area (Å²) in [5.41, 5.74) is 1.34. The van der Waals surface area contributed by atoms with Gasteiger partial charge >= 0.3 is 0 Å². The predicted molar refractivity (Wildman–Crippen MR) is 101 cm³/mol. The van der Waals surface area contributed by atoms with Crippen LogP contribution in [0.5, 0.6) is 0 Å². The molecule has 2 aromatic rings. The van der Waals surface area contributed by atoms with Crippen molar-refractivity contribution in [2.75, 3.05) is 31.1 Å². The zero-order chi connectivity index (χ0) is 18.6. The summed E-state index contributed by atoms with van der Waals surface area (Å²) in [7, 11) is 0. The summed E-state index contributed by atoms with van der Waals surface area (Å²) in [6.07, 6.45) is 6.49. The number of rotatable bonds is 5. The molecule has 1 aromatic carbocycles. The summed E-state index contributed by atoms with van der Waals surface area (Å²) in [6, 6.07) is 6.37. The van der Waals surface area contributed by atoms with Gasteiger partial charge in [-0.3, -0.25) is 4.79 Å². The van der Waals surface area contributed by atoms with Crippen LogP contribution in [0.4, 0.5) is 10.3 Å². The molecule has 1 aromatic heterocycles. The highest BCUT2D eigenvalue weighted by Gasteiger charge is 2.24. The first-order valence-corrected chi connectivity index (χ1v) is 9.67. The van der Waals surface area contributed by atoms with Crippen LogP contribution < -0.4 is 4.90 Å². The first kappa shape index (κ1) is 17.8. The maximum absolute atomic E-state index is 13.5. The van der Waals surface area contributed by atoms with E-state index in [2.05, 4.69) is 20.1 Å². The maximum Gasteiger partial charge on any atom is 0.245 e. The lowest BCUT2D eigenvalue weighted by Crippen LogP contribution is -2.36. The molecule has 2 aliphatic rings. The number of anilines is 1. The Morgan fingerprint density at radius 1 is 1.19 bits per heavy atom. The van der Waals surface area contributed by atoms with Crippen LogP contribution in [0.15, 0.2) is 30.5 Å². The smallest absolute Gasteiger partial charge is 0.245 e. The van der Waals surface area contributed by atoms with Crippen LogP contribution in [0.2, 0.25) is 0 Å². The fourth-order valence-corrected chi connectivity index (χ4v) is 3.92. The second-order valence-corrected chi connectivity index (χ2v) is 7.36. The second-order valence-electron chi connectivity index (χ2n) is 7.36. The summed E-state index contributed by atoms with van der Waals surface area (Å²) in [6.45, 7) is 3.57. The van der Waals surface area contributed by atoms with Gasteiger partial charge in [0, 0.05) is 38.2 Å². The number of hydrogen-bond donors (Lipinski definition) is 0. The average molecular weight is 369 g/mol. The Labute approximate surface area is 158 Å². The number of benzene rings is 1. The van der Waals surface area contributed by atoms with Gasteiger partial charge in [0.25, 0.3) is 0 Å². The molecule has 0 bridgehead atoms. The van der Waals surface area contributed by atoms with Crippen molar-refractivity contribution in [2.45, 2.75) is 32.1 Å². The summed E-state index contributed by atoms with van der Waals surface area (Å²) in [4.78, 5) is 20.5. The SMILES string of the molecule is O=C1CCCN1CCC1CCN(c2nncc(-c3cccc(F)c3)n2)CC1. The molecule has 0 N–H and O–H groups in total. The molecule has 6 nitrogen and oxygen atoms in total. The Hall–Kier alpha value is -2.57. The molecule has 0 atom stereocenters. The lowest BCUT2D eigenvalue weighted by Gasteiger charge is -2.32. The molecule has 1 amide bonds. The molecule has 2 saturated heterocycles. The Morgan fingerprint density at radius 3 is 2.78 bits per heavy atom. The molecule has 7 heteroatoms. The van der Waals surface area contributed by atoms with E-state index >= 15 is 0 Å². The van der Waals surface area contributed by atoms with Gasteiger partial charge in [-0.25, -0.2) is 9.37 Å². The molecule has 2 fully saturated rings. The van der Waals surface area contributed by atoms with Crippen molar-refractivity contribution < 1.29 is 9.18 Å². The Bertz CT molecular complexity index is 806. The van der Waals surface area contributed by atoms with Crippen molar-refractivity contribution in [3.63, 3.8) is 0 Å². The number of likely N-dealkylation sites (tertiary alicyclic amines) is 1. The number of piperidine rings is 1. The second kappa shape index (κ2) is 7.98. The Morgan fingerprint density at radius 2 is 2.04 bits per heavy atom. The van der Waals surface area contributed by atoms with Crippen molar-refractivity contribution in [1.29, 1.82) is 0 Å². The van der Waals surface area contributed by atoms with E-state index in [0.717, 1.165) is 51.9 Å². The van der Waals surface area contributed by atoms with E-state index in [4.69, 9.17) is 0 Å². The number of carbonyl (C=O) groups excluding carboxylic acids is 1. The minimum absolute atomic E-state index is 0.287. The fraction of sp³-hybridized carbons (Fsp3) is 0.500. The average Bonchev–Trinajstić information content (AvgIpc) is 3.12. The van der Waals surface area contributed by atoms with Gasteiger partial charge in [0.1, 0.15) is 5.82 Å². The number of aromatic nitrogens is 3. The molecule has 4 rings (SSSR count). The van der Waals surface area contributed by atoms with Crippen LogP contribution >= 0.6 is 0 Å². The largest absolute Gasteiger partial charge is 0.343 e. The molecule has 27 heavy (non-hydrogen) atoms. The fourth-order valence-electron chi connectivity index (χ4n) is 3.92. The molecule has 0 saturated carbocycles. The lowest BCUT2D eigenvalue weighted by molar-refractivity contribution is -0.127. The van der Waals surface area contributed by atoms with Crippen LogP contribution in [-0.4, -0.2) is 52.2 Å². The molecule has 0 spiro atoms. The van der Waals surface area contributed by atoms with Crippen LogP contribution in [-0.2, 0) is 4.79 Å². The molecule has 142 valence electrons. The third-order valence-corrected chi connectivity index (χ3v) is 5.54. The lowest BCUT2D eigenvalue weighted by atomic mass is 9.93. The van der Waals surface area contributed by atoms with Gasteiger partial charge < -0.3 is 9.80 Å². The van der Waals surface area contributed by atoms with Crippen molar-refractivity contribution in [3.05, 3.63) is 36.3 Å². The minimum Gasteiger partial charge on any atom is -0.343 e. The highest BCUT2D eigenvalue weighted by atomic mass is 19.1. The quantitative estimate of drug-likeness (QED) is 0.811. The highest BCUT2D eigenvalue weighted by Crippen LogP contribution is 2.25. The number of nitrogens with zero attached hydrogens (tertiary/aromatic N) is 5. The topological polar surface area (TPSA) is 62.2 Å². The standard InChI is InChI=1S/C20H24FN5O/c21-17-4-1-3-16(13-17)18-14-22-24-20(23-18)26-11-7-15(8-12-26)6-10-25-9-2-5-19(25)27/h1,3-4,13-15H,2,5-12H2. The molecular weight excluding hydrogens is 345 g/mol. The molecule has 3 heterocycles. The number of hydrogen-bond acceptors (Lipinski definition) is 5. The zero-order valence-corrected chi connectivity index (χ0v) is 15.4. The number of halogens is 1. The summed E-state index contributed by atoms with van der Waals surface area (Å²) in [5, 5.41) is 8.23. The number of amides is 1. The van der Waals surface area contributed by atoms with Crippen molar-refractivity contribution in [3.8, 4) is 11.3 Å². The van der Waals surface area contributed by atoms with Gasteiger partial charge in [-0.1, -0.05) is 12.1 Å². The molecule has 0 radical (unpaired) electrons. The van der Waals surface area contributed by atoms with Crippen LogP contribution in [0.1, 0.15) is 32.1 Å². The van der Waals surface area contributed by atoms with E-state index in [1.54, 1.807) is 12.3 Å². The third-order valence-electron chi connectivity index (χ3n) is 5.54. The molecule has 0 aliphatic carbocycles. The first-order valence-electron chi connectivity index (χ1n) is 9.67. The maximum atomic E-state index is 13.5. The summed E-state index contributed by atoms with van der Waals surface area (Å²) >= 11 is 0. The third kappa shape index (κ3) is 4.23. The van der Waals surface area contributed by atoms with Gasteiger partial charge in [0.2, 0.25) is 11.9 Å². The Kier molecular flexibility index (Phi) is 5.27. The van der Waals surface area contributed by atoms with Crippen LogP contribution in [0, 0.1) is 11.7 Å². The van der Waals surface area contributed by atoms with Gasteiger partial charge in [-0.15, -0.1) is 5.10 Å². The van der Waals surface area contributed by atoms with Gasteiger partial charge in [-0.05, 0) is 43.7 Å². The van der Waals surface area contributed by atoms with Crippen molar-refractivity contribution >= 4 is 11.9 Å². The van der Waals surface area contributed by atoms with Crippen molar-refractivity contribution in [1.82, 2.24) is 20.1 Å². The van der Waals surface area contributed by atoms with E-state index < -0.39 is 0 Å². The van der Waals surface area contributed by atoms with Gasteiger partial charge in [-0.2, -0.15) is 5.10 Å². The predicted octanol–water partition coefficient (Wildman–Crippen LogP) is 2.91.